The molecule has 150 valence electrons. The monoisotopic (exact) mass is 430 g/mol. The molecule has 1 aliphatic rings. The molecule has 8 heteroatoms. The lowest BCUT2D eigenvalue weighted by molar-refractivity contribution is 0.0930. The molecule has 5 nitrogen and oxygen atoms in total. The van der Waals surface area contributed by atoms with Gasteiger partial charge in [-0.15, -0.1) is 23.1 Å². The molecule has 3 aromatic rings. The number of thioether (sulfide) groups is 1. The van der Waals surface area contributed by atoms with Crippen LogP contribution in [0, 0.1) is 5.82 Å². The minimum Gasteiger partial charge on any atom is -0.493 e. The van der Waals surface area contributed by atoms with Gasteiger partial charge in [-0.1, -0.05) is 0 Å². The Kier molecular flexibility index (Phi) is 5.73. The Morgan fingerprint density at radius 1 is 1.17 bits per heavy atom. The van der Waals surface area contributed by atoms with Gasteiger partial charge in [-0.25, -0.2) is 9.37 Å². The molecule has 2 aromatic carbocycles. The van der Waals surface area contributed by atoms with Gasteiger partial charge in [-0.2, -0.15) is 0 Å². The Labute approximate surface area is 176 Å². The van der Waals surface area contributed by atoms with E-state index in [1.54, 1.807) is 43.5 Å². The lowest BCUT2D eigenvalue weighted by Crippen LogP contribution is -2.31. The maximum Gasteiger partial charge on any atom is 0.271 e. The van der Waals surface area contributed by atoms with Crippen LogP contribution in [0.3, 0.4) is 0 Å². The van der Waals surface area contributed by atoms with Crippen molar-refractivity contribution in [1.82, 2.24) is 10.3 Å². The van der Waals surface area contributed by atoms with Gasteiger partial charge < -0.3 is 14.8 Å². The third-order valence-corrected chi connectivity index (χ3v) is 6.70. The lowest BCUT2D eigenvalue weighted by Gasteiger charge is -2.25. The fourth-order valence-electron chi connectivity index (χ4n) is 3.23. The zero-order chi connectivity index (χ0) is 20.4. The van der Waals surface area contributed by atoms with Gasteiger partial charge in [-0.3, -0.25) is 4.79 Å². The molecule has 0 radical (unpaired) electrons. The summed E-state index contributed by atoms with van der Waals surface area (Å²) >= 11 is 3.06. The normalized spacial score (nSPS) is 15.5. The van der Waals surface area contributed by atoms with E-state index in [9.17, 15) is 9.18 Å². The molecule has 1 aliphatic heterocycles. The Morgan fingerprint density at radius 3 is 2.79 bits per heavy atom. The van der Waals surface area contributed by atoms with Crippen molar-refractivity contribution < 1.29 is 18.7 Å². The number of rotatable bonds is 5. The number of nitrogens with one attached hydrogen (secondary N) is 1. The number of ether oxygens (including phenoxy) is 2. The molecule has 1 unspecified atom stereocenters. The highest BCUT2D eigenvalue weighted by Crippen LogP contribution is 2.37. The van der Waals surface area contributed by atoms with Crippen molar-refractivity contribution in [2.75, 3.05) is 20.0 Å². The van der Waals surface area contributed by atoms with E-state index in [-0.39, 0.29) is 17.8 Å². The standard InChI is InChI=1S/C21H19FN2O3S2/c1-26-17-5-3-12(9-18(17)27-2)21-24-16(11-29-21)20(25)23-15-7-8-28-19-6-4-13(22)10-14(15)19/h3-6,9-11,15H,7-8H2,1-2H3,(H,23,25). The number of methoxy groups -OCH3 is 2. The number of hydrogen-bond donors (Lipinski definition) is 1. The molecule has 2 heterocycles. The van der Waals surface area contributed by atoms with Gasteiger partial charge in [0.1, 0.15) is 16.5 Å². The Bertz CT molecular complexity index is 1050. The van der Waals surface area contributed by atoms with Crippen molar-refractivity contribution in [3.8, 4) is 22.1 Å². The highest BCUT2D eigenvalue weighted by atomic mass is 32.2. The van der Waals surface area contributed by atoms with E-state index < -0.39 is 0 Å². The summed E-state index contributed by atoms with van der Waals surface area (Å²) in [7, 11) is 3.16. The van der Waals surface area contributed by atoms with Crippen molar-refractivity contribution in [2.45, 2.75) is 17.4 Å². The van der Waals surface area contributed by atoms with Crippen LogP contribution in [-0.2, 0) is 0 Å². The van der Waals surface area contributed by atoms with Crippen LogP contribution in [0.1, 0.15) is 28.5 Å². The first-order chi connectivity index (χ1) is 14.1. The molecule has 1 aromatic heterocycles. The largest absolute Gasteiger partial charge is 0.493 e. The van der Waals surface area contributed by atoms with Crippen molar-refractivity contribution >= 4 is 29.0 Å². The predicted molar refractivity (Wildman–Crippen MR) is 113 cm³/mol. The smallest absolute Gasteiger partial charge is 0.271 e. The first kappa shape index (κ1) is 19.7. The first-order valence-corrected chi connectivity index (χ1v) is 10.9. The molecule has 1 N–H and O–H groups in total. The number of thiazole rings is 1. The van der Waals surface area contributed by atoms with Crippen LogP contribution < -0.4 is 14.8 Å². The van der Waals surface area contributed by atoms with Gasteiger partial charge in [0.2, 0.25) is 0 Å². The highest BCUT2D eigenvalue weighted by Gasteiger charge is 2.24. The molecular weight excluding hydrogens is 411 g/mol. The zero-order valence-electron chi connectivity index (χ0n) is 15.9. The second kappa shape index (κ2) is 8.42. The molecule has 0 fully saturated rings. The number of benzene rings is 2. The van der Waals surface area contributed by atoms with E-state index in [4.69, 9.17) is 9.47 Å². The summed E-state index contributed by atoms with van der Waals surface area (Å²) in [5.74, 6) is 1.55. The topological polar surface area (TPSA) is 60.5 Å². The van der Waals surface area contributed by atoms with Gasteiger partial charge in [0.05, 0.1) is 20.3 Å². The van der Waals surface area contributed by atoms with Crippen LogP contribution in [0.4, 0.5) is 4.39 Å². The van der Waals surface area contributed by atoms with Crippen LogP contribution in [0.15, 0.2) is 46.7 Å². The van der Waals surface area contributed by atoms with Crippen molar-refractivity contribution in [2.24, 2.45) is 0 Å². The number of carbonyl (C=O) groups excluding carboxylic acids is 1. The number of amides is 1. The second-order valence-electron chi connectivity index (χ2n) is 6.45. The average Bonchev–Trinajstić information content (AvgIpc) is 3.24. The summed E-state index contributed by atoms with van der Waals surface area (Å²) in [5, 5.41) is 5.44. The predicted octanol–water partition coefficient (Wildman–Crippen LogP) is 4.93. The molecular formula is C21H19FN2O3S2. The van der Waals surface area contributed by atoms with Gasteiger partial charge in [0.25, 0.3) is 5.91 Å². The Hall–Kier alpha value is -2.58. The van der Waals surface area contributed by atoms with Gasteiger partial charge in [0.15, 0.2) is 11.5 Å². The minimum absolute atomic E-state index is 0.222. The van der Waals surface area contributed by atoms with E-state index >= 15 is 0 Å². The van der Waals surface area contributed by atoms with Gasteiger partial charge >= 0.3 is 0 Å². The summed E-state index contributed by atoms with van der Waals surface area (Å²) in [5.41, 5.74) is 2.01. The fraction of sp³-hybridized carbons (Fsp3) is 0.238. The lowest BCUT2D eigenvalue weighted by atomic mass is 10.0. The van der Waals surface area contributed by atoms with Crippen LogP contribution in [0.5, 0.6) is 11.5 Å². The van der Waals surface area contributed by atoms with E-state index in [0.717, 1.165) is 28.2 Å². The summed E-state index contributed by atoms with van der Waals surface area (Å²) in [4.78, 5) is 18.3. The molecule has 1 atom stereocenters. The molecule has 1 amide bonds. The molecule has 0 bridgehead atoms. The Balaban J connectivity index is 1.54. The third-order valence-electron chi connectivity index (χ3n) is 4.68. The van der Waals surface area contributed by atoms with E-state index in [1.165, 1.54) is 23.5 Å². The van der Waals surface area contributed by atoms with Crippen LogP contribution >= 0.6 is 23.1 Å². The zero-order valence-corrected chi connectivity index (χ0v) is 17.5. The quantitative estimate of drug-likeness (QED) is 0.622. The van der Waals surface area contributed by atoms with E-state index in [1.807, 2.05) is 12.1 Å². The molecule has 0 saturated carbocycles. The summed E-state index contributed by atoms with van der Waals surface area (Å²) in [6, 6.07) is 10.0. The summed E-state index contributed by atoms with van der Waals surface area (Å²) in [6.07, 6.45) is 0.750. The van der Waals surface area contributed by atoms with Crippen molar-refractivity contribution in [3.63, 3.8) is 0 Å². The number of carbonyl (C=O) groups is 1. The number of nitrogens with zero attached hydrogens (tertiary/aromatic N) is 1. The first-order valence-electron chi connectivity index (χ1n) is 9.00. The molecule has 4 rings (SSSR count). The second-order valence-corrected chi connectivity index (χ2v) is 8.45. The molecule has 0 saturated heterocycles. The molecule has 0 spiro atoms. The van der Waals surface area contributed by atoms with Crippen LogP contribution in [-0.4, -0.2) is 30.9 Å². The average molecular weight is 431 g/mol. The number of fused-ring (bicyclic) bond motifs is 1. The third kappa shape index (κ3) is 4.09. The number of aromatic nitrogens is 1. The summed E-state index contributed by atoms with van der Waals surface area (Å²) in [6.45, 7) is 0. The van der Waals surface area contributed by atoms with Crippen LogP contribution in [0.25, 0.3) is 10.6 Å². The fourth-order valence-corrected chi connectivity index (χ4v) is 5.13. The van der Waals surface area contributed by atoms with Gasteiger partial charge in [0, 0.05) is 21.6 Å². The maximum atomic E-state index is 13.7. The van der Waals surface area contributed by atoms with E-state index in [0.29, 0.717) is 22.2 Å². The van der Waals surface area contributed by atoms with Crippen molar-refractivity contribution in [3.05, 3.63) is 58.9 Å². The van der Waals surface area contributed by atoms with Crippen molar-refractivity contribution in [1.29, 1.82) is 0 Å². The number of halogens is 1. The Morgan fingerprint density at radius 2 is 2.00 bits per heavy atom. The molecule has 0 aliphatic carbocycles. The maximum absolute atomic E-state index is 13.7. The minimum atomic E-state index is -0.296. The van der Waals surface area contributed by atoms with Crippen LogP contribution in [0.2, 0.25) is 0 Å². The summed E-state index contributed by atoms with van der Waals surface area (Å²) < 4.78 is 24.3. The molecule has 29 heavy (non-hydrogen) atoms. The highest BCUT2D eigenvalue weighted by molar-refractivity contribution is 7.99. The van der Waals surface area contributed by atoms with E-state index in [2.05, 4.69) is 10.3 Å². The SMILES string of the molecule is COc1ccc(-c2nc(C(=O)NC3CCSc4ccc(F)cc43)cs2)cc1OC. The number of hydrogen-bond acceptors (Lipinski definition) is 6. The van der Waals surface area contributed by atoms with Gasteiger partial charge in [-0.05, 0) is 48.4 Å².